The third-order valence-electron chi connectivity index (χ3n) is 3.78. The van der Waals surface area contributed by atoms with Crippen LogP contribution in [-0.4, -0.2) is 39.0 Å². The number of hydrogen-bond acceptors (Lipinski definition) is 5. The van der Waals surface area contributed by atoms with E-state index >= 15 is 0 Å². The SMILES string of the molecule is COCn1nnnc1C(CO)=C(c1ccc(F)cc1)c1ccc(F)cc1. The average molecular weight is 358 g/mol. The highest BCUT2D eigenvalue weighted by Gasteiger charge is 2.19. The number of tetrazole rings is 1. The second kappa shape index (κ2) is 7.94. The molecule has 8 heteroatoms. The number of benzene rings is 2. The van der Waals surface area contributed by atoms with E-state index < -0.39 is 0 Å². The molecular formula is C18H16F2N4O2. The van der Waals surface area contributed by atoms with E-state index in [0.29, 0.717) is 28.1 Å². The van der Waals surface area contributed by atoms with Crippen LogP contribution in [0.15, 0.2) is 48.5 Å². The predicted octanol–water partition coefficient (Wildman–Crippen LogP) is 2.51. The molecule has 134 valence electrons. The molecule has 1 aromatic heterocycles. The van der Waals surface area contributed by atoms with Gasteiger partial charge < -0.3 is 9.84 Å². The van der Waals surface area contributed by atoms with Gasteiger partial charge in [-0.2, -0.15) is 4.68 Å². The maximum atomic E-state index is 13.4. The summed E-state index contributed by atoms with van der Waals surface area (Å²) in [7, 11) is 1.49. The molecule has 0 aliphatic heterocycles. The number of aliphatic hydroxyl groups is 1. The van der Waals surface area contributed by atoms with Crippen molar-refractivity contribution in [3.63, 3.8) is 0 Å². The lowest BCUT2D eigenvalue weighted by Crippen LogP contribution is -2.10. The summed E-state index contributed by atoms with van der Waals surface area (Å²) in [5.74, 6) is -0.470. The molecule has 0 radical (unpaired) electrons. The van der Waals surface area contributed by atoms with E-state index in [2.05, 4.69) is 15.5 Å². The fourth-order valence-corrected chi connectivity index (χ4v) is 2.64. The third-order valence-corrected chi connectivity index (χ3v) is 3.78. The van der Waals surface area contributed by atoms with Crippen molar-refractivity contribution < 1.29 is 18.6 Å². The van der Waals surface area contributed by atoms with Crippen molar-refractivity contribution >= 4 is 11.1 Å². The molecule has 0 bridgehead atoms. The minimum absolute atomic E-state index is 0.0892. The van der Waals surface area contributed by atoms with Crippen LogP contribution in [0.5, 0.6) is 0 Å². The number of aliphatic hydroxyl groups excluding tert-OH is 1. The van der Waals surface area contributed by atoms with Crippen molar-refractivity contribution in [3.05, 3.63) is 77.1 Å². The van der Waals surface area contributed by atoms with Crippen LogP contribution in [0.1, 0.15) is 17.0 Å². The van der Waals surface area contributed by atoms with Crippen LogP contribution in [0.2, 0.25) is 0 Å². The minimum atomic E-state index is -0.387. The molecular weight excluding hydrogens is 342 g/mol. The molecule has 26 heavy (non-hydrogen) atoms. The van der Waals surface area contributed by atoms with Gasteiger partial charge in [0.05, 0.1) is 6.61 Å². The summed E-state index contributed by atoms with van der Waals surface area (Å²) < 4.78 is 33.2. The molecule has 0 fully saturated rings. The van der Waals surface area contributed by atoms with E-state index in [9.17, 15) is 13.9 Å². The number of halogens is 2. The first-order chi connectivity index (χ1) is 12.6. The van der Waals surface area contributed by atoms with Gasteiger partial charge in [0.15, 0.2) is 5.82 Å². The van der Waals surface area contributed by atoms with Crippen LogP contribution < -0.4 is 0 Å². The van der Waals surface area contributed by atoms with Gasteiger partial charge in [-0.1, -0.05) is 24.3 Å². The molecule has 1 N–H and O–H groups in total. The maximum absolute atomic E-state index is 13.4. The van der Waals surface area contributed by atoms with E-state index in [1.807, 2.05) is 0 Å². The van der Waals surface area contributed by atoms with E-state index in [1.54, 1.807) is 24.3 Å². The number of hydrogen-bond donors (Lipinski definition) is 1. The highest BCUT2D eigenvalue weighted by atomic mass is 19.1. The Balaban J connectivity index is 2.25. The van der Waals surface area contributed by atoms with Crippen LogP contribution in [0, 0.1) is 11.6 Å². The van der Waals surface area contributed by atoms with Crippen LogP contribution in [0.4, 0.5) is 8.78 Å². The van der Waals surface area contributed by atoms with E-state index in [4.69, 9.17) is 4.74 Å². The highest BCUT2D eigenvalue weighted by Crippen LogP contribution is 2.31. The van der Waals surface area contributed by atoms with Gasteiger partial charge in [0.25, 0.3) is 0 Å². The van der Waals surface area contributed by atoms with Crippen molar-refractivity contribution in [2.24, 2.45) is 0 Å². The zero-order chi connectivity index (χ0) is 18.5. The van der Waals surface area contributed by atoms with Gasteiger partial charge in [-0.25, -0.2) is 8.78 Å². The van der Waals surface area contributed by atoms with Crippen molar-refractivity contribution in [1.29, 1.82) is 0 Å². The Morgan fingerprint density at radius 3 is 2.00 bits per heavy atom. The van der Waals surface area contributed by atoms with Gasteiger partial charge in [-0.3, -0.25) is 0 Å². The van der Waals surface area contributed by atoms with Gasteiger partial charge in [0.1, 0.15) is 18.4 Å². The summed E-state index contributed by atoms with van der Waals surface area (Å²) in [6.07, 6.45) is 0. The van der Waals surface area contributed by atoms with Crippen molar-refractivity contribution in [3.8, 4) is 0 Å². The van der Waals surface area contributed by atoms with E-state index in [1.165, 1.54) is 36.1 Å². The summed E-state index contributed by atoms with van der Waals surface area (Å²) in [6, 6.07) is 11.6. The largest absolute Gasteiger partial charge is 0.392 e. The van der Waals surface area contributed by atoms with Crippen molar-refractivity contribution in [2.45, 2.75) is 6.73 Å². The molecule has 0 aliphatic carbocycles. The molecule has 0 spiro atoms. The maximum Gasteiger partial charge on any atom is 0.183 e. The third kappa shape index (κ3) is 3.66. The second-order valence-electron chi connectivity index (χ2n) is 5.45. The Labute approximate surface area is 148 Å². The molecule has 0 unspecified atom stereocenters. The molecule has 3 rings (SSSR count). The monoisotopic (exact) mass is 358 g/mol. The van der Waals surface area contributed by atoms with Gasteiger partial charge in [-0.15, -0.1) is 5.10 Å². The fraction of sp³-hybridized carbons (Fsp3) is 0.167. The number of ether oxygens (including phenoxy) is 1. The molecule has 2 aromatic carbocycles. The quantitative estimate of drug-likeness (QED) is 0.733. The summed E-state index contributed by atoms with van der Waals surface area (Å²) >= 11 is 0. The second-order valence-corrected chi connectivity index (χ2v) is 5.45. The predicted molar refractivity (Wildman–Crippen MR) is 90.6 cm³/mol. The number of methoxy groups -OCH3 is 1. The smallest absolute Gasteiger partial charge is 0.183 e. The normalized spacial score (nSPS) is 10.8. The molecule has 0 atom stereocenters. The Morgan fingerprint density at radius 1 is 1.00 bits per heavy atom. The summed E-state index contributed by atoms with van der Waals surface area (Å²) in [4.78, 5) is 0. The molecule has 0 saturated heterocycles. The number of aromatic nitrogens is 4. The van der Waals surface area contributed by atoms with E-state index in [-0.39, 0.29) is 25.0 Å². The lowest BCUT2D eigenvalue weighted by molar-refractivity contribution is 0.118. The lowest BCUT2D eigenvalue weighted by Gasteiger charge is -2.15. The van der Waals surface area contributed by atoms with Gasteiger partial charge in [0, 0.05) is 12.7 Å². The minimum Gasteiger partial charge on any atom is -0.392 e. The van der Waals surface area contributed by atoms with Crippen LogP contribution in [0.25, 0.3) is 11.1 Å². The van der Waals surface area contributed by atoms with Crippen LogP contribution in [-0.2, 0) is 11.5 Å². The molecule has 3 aromatic rings. The average Bonchev–Trinajstić information content (AvgIpc) is 3.10. The molecule has 0 amide bonds. The van der Waals surface area contributed by atoms with Crippen molar-refractivity contribution in [1.82, 2.24) is 20.2 Å². The summed E-state index contributed by atoms with van der Waals surface area (Å²) in [5.41, 5.74) is 2.24. The zero-order valence-corrected chi connectivity index (χ0v) is 13.9. The first kappa shape index (κ1) is 17.8. The summed E-state index contributed by atoms with van der Waals surface area (Å²) in [5, 5.41) is 21.5. The van der Waals surface area contributed by atoms with Crippen LogP contribution in [0.3, 0.4) is 0 Å². The van der Waals surface area contributed by atoms with Gasteiger partial charge in [0.2, 0.25) is 0 Å². The topological polar surface area (TPSA) is 73.1 Å². The number of nitrogens with zero attached hydrogens (tertiary/aromatic N) is 4. The summed E-state index contributed by atoms with van der Waals surface area (Å²) in [6.45, 7) is -0.292. The van der Waals surface area contributed by atoms with Crippen LogP contribution >= 0.6 is 0 Å². The first-order valence-corrected chi connectivity index (χ1v) is 7.75. The Kier molecular flexibility index (Phi) is 5.45. The first-order valence-electron chi connectivity index (χ1n) is 7.75. The standard InChI is InChI=1S/C18H16F2N4O2/c1-26-11-24-18(21-22-23-24)16(10-25)17(12-2-6-14(19)7-3-12)13-4-8-15(20)9-5-13/h2-9,25H,10-11H2,1H3. The van der Waals surface area contributed by atoms with Gasteiger partial charge in [-0.05, 0) is 51.4 Å². The lowest BCUT2D eigenvalue weighted by atomic mass is 9.92. The Bertz CT molecular complexity index is 858. The highest BCUT2D eigenvalue weighted by molar-refractivity contribution is 5.97. The molecule has 1 heterocycles. The molecule has 0 aliphatic rings. The van der Waals surface area contributed by atoms with Gasteiger partial charge >= 0.3 is 0 Å². The number of rotatable bonds is 6. The zero-order valence-electron chi connectivity index (χ0n) is 13.9. The molecule has 0 saturated carbocycles. The van der Waals surface area contributed by atoms with Crippen molar-refractivity contribution in [2.75, 3.05) is 13.7 Å². The molecule has 6 nitrogen and oxygen atoms in total. The Morgan fingerprint density at radius 2 is 1.54 bits per heavy atom. The fourth-order valence-electron chi connectivity index (χ4n) is 2.64. The van der Waals surface area contributed by atoms with E-state index in [0.717, 1.165) is 0 Å². The Hall–Kier alpha value is -2.97.